The van der Waals surface area contributed by atoms with Crippen LogP contribution in [-0.2, 0) is 0 Å². The molecule has 1 atom stereocenters. The summed E-state index contributed by atoms with van der Waals surface area (Å²) in [4.78, 5) is 4.21. The lowest BCUT2D eigenvalue weighted by atomic mass is 9.99. The zero-order chi connectivity index (χ0) is 11.8. The third-order valence-corrected chi connectivity index (χ3v) is 2.92. The lowest BCUT2D eigenvalue weighted by Crippen LogP contribution is -2.42. The van der Waals surface area contributed by atoms with Crippen LogP contribution in [0.1, 0.15) is 20.8 Å². The largest absolute Gasteiger partial charge is 0.391 e. The number of imidazole rings is 1. The van der Waals surface area contributed by atoms with Crippen molar-refractivity contribution in [2.24, 2.45) is 0 Å². The molecule has 2 heterocycles. The lowest BCUT2D eigenvalue weighted by molar-refractivity contribution is 0.133. The second-order valence-electron chi connectivity index (χ2n) is 4.59. The first-order valence-corrected chi connectivity index (χ1v) is 5.39. The first kappa shape index (κ1) is 11.0. The molecule has 0 fully saturated rings. The highest BCUT2D eigenvalue weighted by Gasteiger charge is 2.24. The van der Waals surface area contributed by atoms with Gasteiger partial charge in [0.05, 0.1) is 11.6 Å². The Morgan fingerprint density at radius 2 is 2.19 bits per heavy atom. The minimum Gasteiger partial charge on any atom is -0.391 e. The van der Waals surface area contributed by atoms with E-state index in [9.17, 15) is 5.11 Å². The van der Waals surface area contributed by atoms with Crippen LogP contribution in [0.4, 0.5) is 5.82 Å². The predicted molar refractivity (Wildman–Crippen MR) is 64.6 cm³/mol. The fraction of sp³-hybridized carbons (Fsp3) is 0.417. The highest BCUT2D eigenvalue weighted by Crippen LogP contribution is 2.19. The third-order valence-electron chi connectivity index (χ3n) is 2.92. The second-order valence-corrected chi connectivity index (χ2v) is 4.59. The average Bonchev–Trinajstić information content (AvgIpc) is 2.65. The van der Waals surface area contributed by atoms with Gasteiger partial charge in [0.1, 0.15) is 11.5 Å². The minimum atomic E-state index is -0.439. The van der Waals surface area contributed by atoms with Crippen molar-refractivity contribution in [3.63, 3.8) is 0 Å². The molecule has 4 nitrogen and oxygen atoms in total. The van der Waals surface area contributed by atoms with Gasteiger partial charge in [-0.3, -0.25) is 4.40 Å². The number of fused-ring (bicyclic) bond motifs is 1. The Balaban J connectivity index is 2.37. The Hall–Kier alpha value is -1.55. The summed E-state index contributed by atoms with van der Waals surface area (Å²) >= 11 is 0. The summed E-state index contributed by atoms with van der Waals surface area (Å²) < 4.78 is 1.96. The molecule has 2 rings (SSSR count). The standard InChI is InChI=1S/C12H17N3O/c1-9(16)12(2,3)14-11-6-4-5-10-13-7-8-15(10)11/h4-9,14,16H,1-3H3. The molecule has 0 aliphatic carbocycles. The topological polar surface area (TPSA) is 49.6 Å². The molecule has 0 amide bonds. The number of hydrogen-bond acceptors (Lipinski definition) is 3. The maximum absolute atomic E-state index is 9.68. The van der Waals surface area contributed by atoms with Crippen molar-refractivity contribution in [3.05, 3.63) is 30.6 Å². The van der Waals surface area contributed by atoms with Crippen molar-refractivity contribution in [1.29, 1.82) is 0 Å². The molecule has 0 radical (unpaired) electrons. The number of aliphatic hydroxyl groups is 1. The fourth-order valence-electron chi connectivity index (χ4n) is 1.48. The van der Waals surface area contributed by atoms with Crippen LogP contribution in [-0.4, -0.2) is 26.1 Å². The summed E-state index contributed by atoms with van der Waals surface area (Å²) in [5, 5.41) is 13.0. The molecule has 0 aromatic carbocycles. The molecular formula is C12H17N3O. The zero-order valence-electron chi connectivity index (χ0n) is 9.81. The predicted octanol–water partition coefficient (Wildman–Crippen LogP) is 1.91. The van der Waals surface area contributed by atoms with E-state index in [0.717, 1.165) is 11.5 Å². The van der Waals surface area contributed by atoms with E-state index in [2.05, 4.69) is 10.3 Å². The van der Waals surface area contributed by atoms with Gasteiger partial charge in [-0.15, -0.1) is 0 Å². The molecule has 2 N–H and O–H groups in total. The molecule has 16 heavy (non-hydrogen) atoms. The van der Waals surface area contributed by atoms with Gasteiger partial charge in [0, 0.05) is 12.4 Å². The monoisotopic (exact) mass is 219 g/mol. The smallest absolute Gasteiger partial charge is 0.138 e. The summed E-state index contributed by atoms with van der Waals surface area (Å²) in [5.41, 5.74) is 0.518. The number of anilines is 1. The minimum absolute atomic E-state index is 0.376. The summed E-state index contributed by atoms with van der Waals surface area (Å²) in [6, 6.07) is 5.86. The fourth-order valence-corrected chi connectivity index (χ4v) is 1.48. The van der Waals surface area contributed by atoms with E-state index in [1.807, 2.05) is 42.6 Å². The summed E-state index contributed by atoms with van der Waals surface area (Å²) in [6.45, 7) is 5.71. The number of nitrogens with one attached hydrogen (secondary N) is 1. The summed E-state index contributed by atoms with van der Waals surface area (Å²) in [7, 11) is 0. The molecule has 2 aromatic rings. The Morgan fingerprint density at radius 1 is 1.44 bits per heavy atom. The van der Waals surface area contributed by atoms with Gasteiger partial charge in [0.15, 0.2) is 0 Å². The van der Waals surface area contributed by atoms with Gasteiger partial charge in [0.2, 0.25) is 0 Å². The molecule has 0 spiro atoms. The summed E-state index contributed by atoms with van der Waals surface area (Å²) in [5.74, 6) is 0.931. The van der Waals surface area contributed by atoms with Crippen LogP contribution in [0.3, 0.4) is 0 Å². The highest BCUT2D eigenvalue weighted by molar-refractivity contribution is 5.51. The SMILES string of the molecule is CC(O)C(C)(C)Nc1cccc2nccn12. The van der Waals surface area contributed by atoms with E-state index >= 15 is 0 Å². The first-order valence-electron chi connectivity index (χ1n) is 5.39. The Bertz CT molecular complexity index is 488. The number of aromatic nitrogens is 2. The molecule has 1 unspecified atom stereocenters. The van der Waals surface area contributed by atoms with Gasteiger partial charge in [-0.05, 0) is 32.9 Å². The molecule has 86 valence electrons. The zero-order valence-corrected chi connectivity index (χ0v) is 9.81. The van der Waals surface area contributed by atoms with E-state index in [1.165, 1.54) is 0 Å². The quantitative estimate of drug-likeness (QED) is 0.829. The van der Waals surface area contributed by atoms with E-state index in [4.69, 9.17) is 0 Å². The van der Waals surface area contributed by atoms with Crippen LogP contribution in [0.15, 0.2) is 30.6 Å². The molecule has 0 saturated carbocycles. The van der Waals surface area contributed by atoms with E-state index in [-0.39, 0.29) is 5.54 Å². The Labute approximate surface area is 94.9 Å². The highest BCUT2D eigenvalue weighted by atomic mass is 16.3. The van der Waals surface area contributed by atoms with Crippen LogP contribution in [0, 0.1) is 0 Å². The lowest BCUT2D eigenvalue weighted by Gasteiger charge is -2.30. The second kappa shape index (κ2) is 3.79. The van der Waals surface area contributed by atoms with Crippen molar-refractivity contribution < 1.29 is 5.11 Å². The van der Waals surface area contributed by atoms with Crippen molar-refractivity contribution in [1.82, 2.24) is 9.38 Å². The van der Waals surface area contributed by atoms with Crippen molar-refractivity contribution in [3.8, 4) is 0 Å². The normalized spacial score (nSPS) is 14.0. The van der Waals surface area contributed by atoms with Crippen molar-refractivity contribution in [2.75, 3.05) is 5.32 Å². The molecule has 0 aliphatic rings. The first-order chi connectivity index (χ1) is 7.50. The summed E-state index contributed by atoms with van der Waals surface area (Å²) in [6.07, 6.45) is 3.22. The maximum atomic E-state index is 9.68. The molecule has 0 saturated heterocycles. The van der Waals surface area contributed by atoms with Crippen molar-refractivity contribution in [2.45, 2.75) is 32.4 Å². The van der Waals surface area contributed by atoms with Gasteiger partial charge < -0.3 is 10.4 Å². The molecular weight excluding hydrogens is 202 g/mol. The van der Waals surface area contributed by atoms with Gasteiger partial charge >= 0.3 is 0 Å². The van der Waals surface area contributed by atoms with Gasteiger partial charge in [-0.25, -0.2) is 4.98 Å². The number of nitrogens with zero attached hydrogens (tertiary/aromatic N) is 2. The number of aliphatic hydroxyl groups excluding tert-OH is 1. The molecule has 2 aromatic heterocycles. The van der Waals surface area contributed by atoms with Crippen LogP contribution in [0.5, 0.6) is 0 Å². The van der Waals surface area contributed by atoms with Crippen molar-refractivity contribution >= 4 is 11.5 Å². The van der Waals surface area contributed by atoms with E-state index in [0.29, 0.717) is 0 Å². The van der Waals surface area contributed by atoms with Gasteiger partial charge in [-0.1, -0.05) is 6.07 Å². The number of hydrogen-bond donors (Lipinski definition) is 2. The molecule has 0 bridgehead atoms. The third kappa shape index (κ3) is 1.88. The number of pyridine rings is 1. The van der Waals surface area contributed by atoms with Crippen LogP contribution < -0.4 is 5.32 Å². The van der Waals surface area contributed by atoms with E-state index in [1.54, 1.807) is 13.1 Å². The molecule has 4 heteroatoms. The maximum Gasteiger partial charge on any atom is 0.138 e. The van der Waals surface area contributed by atoms with Gasteiger partial charge in [-0.2, -0.15) is 0 Å². The van der Waals surface area contributed by atoms with E-state index < -0.39 is 6.10 Å². The van der Waals surface area contributed by atoms with Gasteiger partial charge in [0.25, 0.3) is 0 Å². The number of rotatable bonds is 3. The Kier molecular flexibility index (Phi) is 2.59. The average molecular weight is 219 g/mol. The Morgan fingerprint density at radius 3 is 2.88 bits per heavy atom. The van der Waals surface area contributed by atoms with Crippen LogP contribution >= 0.6 is 0 Å². The van der Waals surface area contributed by atoms with Crippen LogP contribution in [0.2, 0.25) is 0 Å². The van der Waals surface area contributed by atoms with Crippen LogP contribution in [0.25, 0.3) is 5.65 Å². The molecule has 0 aliphatic heterocycles.